The van der Waals surface area contributed by atoms with E-state index in [1.54, 1.807) is 31.6 Å². The summed E-state index contributed by atoms with van der Waals surface area (Å²) in [5.74, 6) is -0.891. The Morgan fingerprint density at radius 3 is 2.50 bits per heavy atom. The van der Waals surface area contributed by atoms with E-state index in [2.05, 4.69) is 11.1 Å². The van der Waals surface area contributed by atoms with Crippen molar-refractivity contribution >= 4 is 11.6 Å². The Balaban J connectivity index is 2.12. The van der Waals surface area contributed by atoms with Crippen molar-refractivity contribution in [2.75, 3.05) is 11.9 Å². The molecule has 4 nitrogen and oxygen atoms in total. The lowest BCUT2D eigenvalue weighted by Gasteiger charge is -2.20. The number of rotatable bonds is 4. The fourth-order valence-corrected chi connectivity index (χ4v) is 1.97. The maximum Gasteiger partial charge on any atom is 0.244 e. The van der Waals surface area contributed by atoms with Gasteiger partial charge in [0.15, 0.2) is 0 Å². The van der Waals surface area contributed by atoms with Gasteiger partial charge in [0, 0.05) is 25.1 Å². The van der Waals surface area contributed by atoms with Gasteiger partial charge in [-0.25, -0.2) is 0 Å². The van der Waals surface area contributed by atoms with Crippen molar-refractivity contribution in [1.29, 1.82) is 5.26 Å². The molecule has 0 spiro atoms. The summed E-state index contributed by atoms with van der Waals surface area (Å²) in [5.41, 5.74) is 1.72. The van der Waals surface area contributed by atoms with Gasteiger partial charge in [0.25, 0.3) is 0 Å². The molecule has 1 atom stereocenters. The number of carbonyl (C=O) groups is 1. The Morgan fingerprint density at radius 1 is 1.25 bits per heavy atom. The van der Waals surface area contributed by atoms with Crippen molar-refractivity contribution in [3.63, 3.8) is 0 Å². The molecule has 100 valence electrons. The molecule has 1 amide bonds. The molecule has 0 saturated heterocycles. The molecule has 1 heterocycles. The predicted molar refractivity (Wildman–Crippen MR) is 76.9 cm³/mol. The number of nitrogens with zero attached hydrogens (tertiary/aromatic N) is 3. The molecule has 4 heteroatoms. The van der Waals surface area contributed by atoms with Crippen molar-refractivity contribution in [3.05, 3.63) is 60.4 Å². The van der Waals surface area contributed by atoms with Crippen LogP contribution in [0.1, 0.15) is 5.56 Å². The van der Waals surface area contributed by atoms with E-state index in [9.17, 15) is 10.1 Å². The smallest absolute Gasteiger partial charge is 0.244 e. The van der Waals surface area contributed by atoms with Crippen LogP contribution in [0.3, 0.4) is 0 Å². The minimum absolute atomic E-state index is 0.206. The zero-order valence-corrected chi connectivity index (χ0v) is 11.2. The van der Waals surface area contributed by atoms with Crippen LogP contribution in [-0.2, 0) is 11.2 Å². The monoisotopic (exact) mass is 265 g/mol. The number of benzene rings is 1. The van der Waals surface area contributed by atoms with Crippen LogP contribution in [-0.4, -0.2) is 17.9 Å². The second-order valence-corrected chi connectivity index (χ2v) is 4.47. The highest BCUT2D eigenvalue weighted by molar-refractivity contribution is 5.96. The van der Waals surface area contributed by atoms with E-state index in [-0.39, 0.29) is 5.91 Å². The average Bonchev–Trinajstić information content (AvgIpc) is 2.53. The van der Waals surface area contributed by atoms with Crippen molar-refractivity contribution in [2.45, 2.75) is 6.42 Å². The molecule has 0 aliphatic heterocycles. The van der Waals surface area contributed by atoms with E-state index >= 15 is 0 Å². The lowest BCUT2D eigenvalue weighted by atomic mass is 9.99. The summed E-state index contributed by atoms with van der Waals surface area (Å²) in [5, 5.41) is 9.24. The third-order valence-electron chi connectivity index (χ3n) is 3.12. The summed E-state index contributed by atoms with van der Waals surface area (Å²) >= 11 is 0. The van der Waals surface area contributed by atoms with Gasteiger partial charge in [0.05, 0.1) is 6.07 Å². The Morgan fingerprint density at radius 2 is 1.90 bits per heavy atom. The first-order valence-corrected chi connectivity index (χ1v) is 6.33. The van der Waals surface area contributed by atoms with Gasteiger partial charge in [-0.1, -0.05) is 30.3 Å². The number of carbonyl (C=O) groups excluding carboxylic acids is 1. The molecule has 1 aromatic carbocycles. The van der Waals surface area contributed by atoms with E-state index < -0.39 is 5.92 Å². The highest BCUT2D eigenvalue weighted by Crippen LogP contribution is 2.16. The van der Waals surface area contributed by atoms with Crippen molar-refractivity contribution in [2.24, 2.45) is 5.92 Å². The zero-order valence-electron chi connectivity index (χ0n) is 11.2. The van der Waals surface area contributed by atoms with Crippen LogP contribution in [0.25, 0.3) is 0 Å². The van der Waals surface area contributed by atoms with Gasteiger partial charge in [0.2, 0.25) is 5.91 Å². The highest BCUT2D eigenvalue weighted by Gasteiger charge is 2.23. The van der Waals surface area contributed by atoms with Gasteiger partial charge in [-0.2, -0.15) is 5.26 Å². The molecule has 0 bridgehead atoms. The number of anilines is 1. The first-order chi connectivity index (χ1) is 9.72. The first-order valence-electron chi connectivity index (χ1n) is 6.33. The summed E-state index contributed by atoms with van der Waals surface area (Å²) < 4.78 is 0. The number of aromatic nitrogens is 1. The van der Waals surface area contributed by atoms with Crippen molar-refractivity contribution in [3.8, 4) is 6.07 Å². The zero-order chi connectivity index (χ0) is 14.4. The number of nitriles is 1. The Hall–Kier alpha value is -2.67. The van der Waals surface area contributed by atoms with Crippen LogP contribution in [0.4, 0.5) is 5.69 Å². The standard InChI is InChI=1S/C16H15N3O/c1-19(15-7-9-18-10-8-15)16(20)14(12-17)11-13-5-3-2-4-6-13/h2-10,14H,11H2,1H3. The molecule has 0 aliphatic rings. The number of hydrogen-bond acceptors (Lipinski definition) is 3. The van der Waals surface area contributed by atoms with Gasteiger partial charge in [-0.15, -0.1) is 0 Å². The molecule has 1 unspecified atom stereocenters. The van der Waals surface area contributed by atoms with Crippen LogP contribution < -0.4 is 4.90 Å². The molecule has 0 saturated carbocycles. The van der Waals surface area contributed by atoms with E-state index in [1.807, 2.05) is 30.3 Å². The summed E-state index contributed by atoms with van der Waals surface area (Å²) in [6.07, 6.45) is 3.67. The SMILES string of the molecule is CN(C(=O)C(C#N)Cc1ccccc1)c1ccncc1. The maximum absolute atomic E-state index is 12.4. The normalized spacial score (nSPS) is 11.4. The van der Waals surface area contributed by atoms with Gasteiger partial charge >= 0.3 is 0 Å². The lowest BCUT2D eigenvalue weighted by Crippen LogP contribution is -2.33. The minimum Gasteiger partial charge on any atom is -0.314 e. The second-order valence-electron chi connectivity index (χ2n) is 4.47. The molecule has 20 heavy (non-hydrogen) atoms. The van der Waals surface area contributed by atoms with E-state index in [0.717, 1.165) is 11.3 Å². The van der Waals surface area contributed by atoms with Crippen molar-refractivity contribution in [1.82, 2.24) is 4.98 Å². The van der Waals surface area contributed by atoms with E-state index in [1.165, 1.54) is 4.90 Å². The van der Waals surface area contributed by atoms with E-state index in [4.69, 9.17) is 0 Å². The molecule has 0 radical (unpaired) electrons. The molecule has 1 aromatic heterocycles. The van der Waals surface area contributed by atoms with Crippen LogP contribution in [0.5, 0.6) is 0 Å². The fraction of sp³-hybridized carbons (Fsp3) is 0.188. The first kappa shape index (κ1) is 13.8. The second kappa shape index (κ2) is 6.48. The minimum atomic E-state index is -0.685. The predicted octanol–water partition coefficient (Wildman–Crippen LogP) is 2.43. The topological polar surface area (TPSA) is 57.0 Å². The Kier molecular flexibility index (Phi) is 4.46. The third-order valence-corrected chi connectivity index (χ3v) is 3.12. The van der Waals surface area contributed by atoms with Gasteiger partial charge in [-0.05, 0) is 24.1 Å². The molecule has 2 aromatic rings. The van der Waals surface area contributed by atoms with Crippen LogP contribution in [0.15, 0.2) is 54.9 Å². The highest BCUT2D eigenvalue weighted by atomic mass is 16.2. The maximum atomic E-state index is 12.4. The van der Waals surface area contributed by atoms with E-state index in [0.29, 0.717) is 6.42 Å². The lowest BCUT2D eigenvalue weighted by molar-refractivity contribution is -0.120. The fourth-order valence-electron chi connectivity index (χ4n) is 1.97. The summed E-state index contributed by atoms with van der Waals surface area (Å²) in [6, 6.07) is 15.1. The van der Waals surface area contributed by atoms with Gasteiger partial charge in [0.1, 0.15) is 5.92 Å². The Bertz CT molecular complexity index is 605. The number of hydrogen-bond donors (Lipinski definition) is 0. The Labute approximate surface area is 118 Å². The van der Waals surface area contributed by atoms with Gasteiger partial charge < -0.3 is 4.90 Å². The van der Waals surface area contributed by atoms with Crippen LogP contribution in [0.2, 0.25) is 0 Å². The number of amides is 1. The van der Waals surface area contributed by atoms with Gasteiger partial charge in [-0.3, -0.25) is 9.78 Å². The molecular weight excluding hydrogens is 250 g/mol. The summed E-state index contributed by atoms with van der Waals surface area (Å²) in [4.78, 5) is 17.8. The third kappa shape index (κ3) is 3.21. The molecule has 0 N–H and O–H groups in total. The molecular formula is C16H15N3O. The number of pyridine rings is 1. The average molecular weight is 265 g/mol. The largest absolute Gasteiger partial charge is 0.314 e. The summed E-state index contributed by atoms with van der Waals surface area (Å²) in [6.45, 7) is 0. The van der Waals surface area contributed by atoms with Crippen molar-refractivity contribution < 1.29 is 4.79 Å². The molecule has 2 rings (SSSR count). The van der Waals surface area contributed by atoms with Crippen LogP contribution >= 0.6 is 0 Å². The van der Waals surface area contributed by atoms with Crippen LogP contribution in [0, 0.1) is 17.2 Å². The quantitative estimate of drug-likeness (QED) is 0.853. The molecule has 0 aliphatic carbocycles. The molecule has 0 fully saturated rings. The summed E-state index contributed by atoms with van der Waals surface area (Å²) in [7, 11) is 1.67.